The molecule has 0 spiro atoms. The van der Waals surface area contributed by atoms with E-state index in [2.05, 4.69) is 22.8 Å². The fourth-order valence-electron chi connectivity index (χ4n) is 3.64. The van der Waals surface area contributed by atoms with Gasteiger partial charge in [-0.3, -0.25) is 4.79 Å². The van der Waals surface area contributed by atoms with Crippen molar-refractivity contribution >= 4 is 18.3 Å². The van der Waals surface area contributed by atoms with E-state index >= 15 is 0 Å². The summed E-state index contributed by atoms with van der Waals surface area (Å²) in [6, 6.07) is 10.2. The minimum Gasteiger partial charge on any atom is -0.381 e. The first kappa shape index (κ1) is 18.2. The molecule has 0 aromatic heterocycles. The van der Waals surface area contributed by atoms with Crippen molar-refractivity contribution in [3.63, 3.8) is 0 Å². The van der Waals surface area contributed by atoms with Crippen LogP contribution in [0.3, 0.4) is 0 Å². The topological polar surface area (TPSA) is 50.4 Å². The largest absolute Gasteiger partial charge is 0.381 e. The summed E-state index contributed by atoms with van der Waals surface area (Å²) in [5.74, 6) is 0.885. The van der Waals surface area contributed by atoms with Crippen molar-refractivity contribution in [2.45, 2.75) is 31.1 Å². The zero-order chi connectivity index (χ0) is 15.3. The number of hydrogen-bond acceptors (Lipinski definition) is 3. The van der Waals surface area contributed by atoms with Gasteiger partial charge in [-0.1, -0.05) is 30.3 Å². The highest BCUT2D eigenvalue weighted by Gasteiger charge is 2.41. The standard InChI is InChI=1S/C18H26N2O2.ClH/c21-17(20-11-7-15-6-10-19-14-15)18(8-12-22-13-9-18)16-4-2-1-3-5-16;/h1-5,15,19H,6-14H2,(H,20,21);1H. The van der Waals surface area contributed by atoms with Crippen LogP contribution in [0.15, 0.2) is 30.3 Å². The quantitative estimate of drug-likeness (QED) is 0.866. The first-order valence-corrected chi connectivity index (χ1v) is 8.43. The van der Waals surface area contributed by atoms with E-state index < -0.39 is 5.41 Å². The van der Waals surface area contributed by atoms with Crippen LogP contribution in [0.5, 0.6) is 0 Å². The molecule has 128 valence electrons. The summed E-state index contributed by atoms with van der Waals surface area (Å²) >= 11 is 0. The molecule has 1 aromatic carbocycles. The van der Waals surface area contributed by atoms with Crippen molar-refractivity contribution in [1.29, 1.82) is 0 Å². The summed E-state index contributed by atoms with van der Waals surface area (Å²) in [5.41, 5.74) is 0.714. The van der Waals surface area contributed by atoms with Crippen LogP contribution in [0.1, 0.15) is 31.2 Å². The van der Waals surface area contributed by atoms with Crippen molar-refractivity contribution in [3.05, 3.63) is 35.9 Å². The minimum absolute atomic E-state index is 0. The molecule has 2 saturated heterocycles. The molecule has 1 amide bonds. The third kappa shape index (κ3) is 4.25. The second-order valence-electron chi connectivity index (χ2n) is 6.46. The molecule has 5 heteroatoms. The van der Waals surface area contributed by atoms with Crippen molar-refractivity contribution in [3.8, 4) is 0 Å². The molecule has 0 saturated carbocycles. The second-order valence-corrected chi connectivity index (χ2v) is 6.46. The van der Waals surface area contributed by atoms with Crippen molar-refractivity contribution < 1.29 is 9.53 Å². The van der Waals surface area contributed by atoms with E-state index in [-0.39, 0.29) is 18.3 Å². The van der Waals surface area contributed by atoms with Gasteiger partial charge in [0, 0.05) is 19.8 Å². The Bertz CT molecular complexity index is 483. The number of hydrogen-bond donors (Lipinski definition) is 2. The maximum absolute atomic E-state index is 12.9. The zero-order valence-corrected chi connectivity index (χ0v) is 14.4. The molecule has 4 nitrogen and oxygen atoms in total. The first-order valence-electron chi connectivity index (χ1n) is 8.43. The molecule has 1 unspecified atom stereocenters. The first-order chi connectivity index (χ1) is 10.8. The van der Waals surface area contributed by atoms with Gasteiger partial charge in [-0.2, -0.15) is 0 Å². The summed E-state index contributed by atoms with van der Waals surface area (Å²) in [4.78, 5) is 12.9. The normalized spacial score (nSPS) is 23.0. The lowest BCUT2D eigenvalue weighted by atomic mass is 9.73. The van der Waals surface area contributed by atoms with Crippen LogP contribution in [0.2, 0.25) is 0 Å². The maximum Gasteiger partial charge on any atom is 0.230 e. The molecule has 2 fully saturated rings. The lowest BCUT2D eigenvalue weighted by molar-refractivity contribution is -0.130. The van der Waals surface area contributed by atoms with E-state index in [1.165, 1.54) is 6.42 Å². The number of ether oxygens (including phenoxy) is 1. The summed E-state index contributed by atoms with van der Waals surface area (Å²) in [6.45, 7) is 4.31. The fourth-order valence-corrected chi connectivity index (χ4v) is 3.64. The Hall–Kier alpha value is -1.10. The van der Waals surface area contributed by atoms with Crippen LogP contribution in [0.25, 0.3) is 0 Å². The lowest BCUT2D eigenvalue weighted by Crippen LogP contribution is -2.48. The molecule has 3 rings (SSSR count). The Kier molecular flexibility index (Phi) is 6.88. The summed E-state index contributed by atoms with van der Waals surface area (Å²) < 4.78 is 5.49. The smallest absolute Gasteiger partial charge is 0.230 e. The third-order valence-corrected chi connectivity index (χ3v) is 5.11. The number of carbonyl (C=O) groups is 1. The van der Waals surface area contributed by atoms with Crippen LogP contribution in [0, 0.1) is 5.92 Å². The molecule has 23 heavy (non-hydrogen) atoms. The Morgan fingerprint density at radius 1 is 1.26 bits per heavy atom. The van der Waals surface area contributed by atoms with Crippen molar-refractivity contribution in [1.82, 2.24) is 10.6 Å². The van der Waals surface area contributed by atoms with E-state index in [4.69, 9.17) is 4.74 Å². The van der Waals surface area contributed by atoms with Crippen LogP contribution in [-0.2, 0) is 14.9 Å². The Morgan fingerprint density at radius 2 is 2.00 bits per heavy atom. The van der Waals surface area contributed by atoms with Crippen LogP contribution in [-0.4, -0.2) is 38.8 Å². The second kappa shape index (κ2) is 8.67. The highest BCUT2D eigenvalue weighted by atomic mass is 35.5. The number of halogens is 1. The summed E-state index contributed by atoms with van der Waals surface area (Å²) in [5, 5.41) is 6.57. The predicted molar refractivity (Wildman–Crippen MR) is 94.0 cm³/mol. The van der Waals surface area contributed by atoms with Gasteiger partial charge in [0.25, 0.3) is 0 Å². The lowest BCUT2D eigenvalue weighted by Gasteiger charge is -2.36. The van der Waals surface area contributed by atoms with Crippen LogP contribution < -0.4 is 10.6 Å². The van der Waals surface area contributed by atoms with Gasteiger partial charge in [0.15, 0.2) is 0 Å². The molecule has 2 N–H and O–H groups in total. The van der Waals surface area contributed by atoms with Gasteiger partial charge in [-0.05, 0) is 50.3 Å². The highest BCUT2D eigenvalue weighted by molar-refractivity contribution is 5.88. The SMILES string of the molecule is Cl.O=C(NCCC1CCNC1)C1(c2ccccc2)CCOCC1. The van der Waals surface area contributed by atoms with E-state index in [1.54, 1.807) is 0 Å². The Morgan fingerprint density at radius 3 is 2.65 bits per heavy atom. The third-order valence-electron chi connectivity index (χ3n) is 5.11. The maximum atomic E-state index is 12.9. The van der Waals surface area contributed by atoms with Gasteiger partial charge < -0.3 is 15.4 Å². The number of carbonyl (C=O) groups excluding carboxylic acids is 1. The van der Waals surface area contributed by atoms with E-state index in [0.717, 1.165) is 44.5 Å². The Labute approximate surface area is 144 Å². The molecule has 0 radical (unpaired) electrons. The van der Waals surface area contributed by atoms with Crippen LogP contribution in [0.4, 0.5) is 0 Å². The van der Waals surface area contributed by atoms with Gasteiger partial charge in [-0.25, -0.2) is 0 Å². The number of nitrogens with one attached hydrogen (secondary N) is 2. The minimum atomic E-state index is -0.409. The van der Waals surface area contributed by atoms with E-state index in [1.807, 2.05) is 18.2 Å². The molecular weight excluding hydrogens is 312 g/mol. The monoisotopic (exact) mass is 338 g/mol. The molecule has 1 atom stereocenters. The predicted octanol–water partition coefficient (Wildman–Crippen LogP) is 2.27. The highest BCUT2D eigenvalue weighted by Crippen LogP contribution is 2.35. The number of rotatable bonds is 5. The van der Waals surface area contributed by atoms with Crippen molar-refractivity contribution in [2.24, 2.45) is 5.92 Å². The van der Waals surface area contributed by atoms with Gasteiger partial charge in [0.05, 0.1) is 5.41 Å². The molecule has 2 aliphatic heterocycles. The molecule has 2 aliphatic rings. The average Bonchev–Trinajstić information content (AvgIpc) is 3.09. The van der Waals surface area contributed by atoms with Gasteiger partial charge in [0.1, 0.15) is 0 Å². The molecule has 0 aliphatic carbocycles. The summed E-state index contributed by atoms with van der Waals surface area (Å²) in [7, 11) is 0. The molecule has 0 bridgehead atoms. The molecular formula is C18H27ClN2O2. The van der Waals surface area contributed by atoms with Gasteiger partial charge in [0.2, 0.25) is 5.91 Å². The van der Waals surface area contributed by atoms with Gasteiger partial charge >= 0.3 is 0 Å². The fraction of sp³-hybridized carbons (Fsp3) is 0.611. The van der Waals surface area contributed by atoms with E-state index in [0.29, 0.717) is 19.1 Å². The average molecular weight is 339 g/mol. The summed E-state index contributed by atoms with van der Waals surface area (Å²) in [6.07, 6.45) is 3.84. The zero-order valence-electron chi connectivity index (χ0n) is 13.6. The van der Waals surface area contributed by atoms with Crippen molar-refractivity contribution in [2.75, 3.05) is 32.8 Å². The molecule has 1 aromatic rings. The van der Waals surface area contributed by atoms with E-state index in [9.17, 15) is 4.79 Å². The Balaban J connectivity index is 0.00000192. The molecule has 2 heterocycles. The number of amides is 1. The van der Waals surface area contributed by atoms with Crippen LogP contribution >= 0.6 is 12.4 Å². The van der Waals surface area contributed by atoms with Gasteiger partial charge in [-0.15, -0.1) is 12.4 Å². The number of benzene rings is 1.